The molecule has 0 spiro atoms. The lowest BCUT2D eigenvalue weighted by Gasteiger charge is -2.12. The van der Waals surface area contributed by atoms with Crippen LogP contribution < -0.4 is 10.1 Å². The van der Waals surface area contributed by atoms with E-state index >= 15 is 0 Å². The van der Waals surface area contributed by atoms with Gasteiger partial charge in [0.2, 0.25) is 0 Å². The van der Waals surface area contributed by atoms with Crippen LogP contribution in [0.2, 0.25) is 0 Å². The summed E-state index contributed by atoms with van der Waals surface area (Å²) in [5.41, 5.74) is 1.68. The molecule has 2 aromatic rings. The number of aryl methyl sites for hydroxylation is 1. The predicted molar refractivity (Wildman–Crippen MR) is 85.7 cm³/mol. The molecule has 0 bridgehead atoms. The van der Waals surface area contributed by atoms with Crippen molar-refractivity contribution >= 4 is 5.91 Å². The summed E-state index contributed by atoms with van der Waals surface area (Å²) in [7, 11) is 0. The van der Waals surface area contributed by atoms with Crippen LogP contribution in [-0.2, 0) is 4.79 Å². The maximum atomic E-state index is 11.8. The highest BCUT2D eigenvalue weighted by Crippen LogP contribution is 2.16. The molecule has 4 heteroatoms. The molecule has 1 atom stereocenters. The fraction of sp³-hybridized carbons (Fsp3) is 0.278. The molecule has 1 unspecified atom stereocenters. The largest absolute Gasteiger partial charge is 0.493 e. The highest BCUT2D eigenvalue weighted by atomic mass is 16.5. The van der Waals surface area contributed by atoms with E-state index in [-0.39, 0.29) is 5.91 Å². The first-order valence-corrected chi connectivity index (χ1v) is 7.37. The maximum absolute atomic E-state index is 11.8. The lowest BCUT2D eigenvalue weighted by Crippen LogP contribution is -2.30. The Morgan fingerprint density at radius 3 is 2.55 bits per heavy atom. The molecule has 0 aromatic heterocycles. The van der Waals surface area contributed by atoms with E-state index in [2.05, 4.69) is 5.32 Å². The third-order valence-electron chi connectivity index (χ3n) is 3.34. The Morgan fingerprint density at radius 2 is 1.82 bits per heavy atom. The zero-order valence-corrected chi connectivity index (χ0v) is 12.7. The first-order valence-electron chi connectivity index (χ1n) is 7.37. The molecule has 0 aliphatic carbocycles. The summed E-state index contributed by atoms with van der Waals surface area (Å²) in [6.45, 7) is 2.98. The predicted octanol–water partition coefficient (Wildman–Crippen LogP) is 2.61. The van der Waals surface area contributed by atoms with Crippen LogP contribution in [-0.4, -0.2) is 24.2 Å². The lowest BCUT2D eigenvalue weighted by atomic mass is 10.1. The van der Waals surface area contributed by atoms with Crippen LogP contribution in [0.1, 0.15) is 23.7 Å². The molecule has 0 aliphatic rings. The van der Waals surface area contributed by atoms with Gasteiger partial charge in [-0.15, -0.1) is 0 Å². The van der Waals surface area contributed by atoms with Crippen LogP contribution >= 0.6 is 0 Å². The molecule has 0 saturated heterocycles. The average Bonchev–Trinajstić information content (AvgIpc) is 2.56. The average molecular weight is 299 g/mol. The first-order chi connectivity index (χ1) is 10.7. The third-order valence-corrected chi connectivity index (χ3v) is 3.34. The number of aliphatic hydroxyl groups is 1. The van der Waals surface area contributed by atoms with Crippen LogP contribution in [0.4, 0.5) is 0 Å². The second-order valence-electron chi connectivity index (χ2n) is 5.07. The Kier molecular flexibility index (Phi) is 5.98. The molecule has 0 fully saturated rings. The smallest absolute Gasteiger partial charge is 0.253 e. The van der Waals surface area contributed by atoms with Gasteiger partial charge in [-0.2, -0.15) is 0 Å². The second-order valence-corrected chi connectivity index (χ2v) is 5.07. The normalized spacial score (nSPS) is 11.7. The van der Waals surface area contributed by atoms with E-state index in [0.717, 1.165) is 11.3 Å². The quantitative estimate of drug-likeness (QED) is 0.773. The van der Waals surface area contributed by atoms with Gasteiger partial charge in [-0.1, -0.05) is 48.5 Å². The number of carbonyl (C=O) groups excluding carboxylic acids is 1. The van der Waals surface area contributed by atoms with Crippen molar-refractivity contribution in [2.45, 2.75) is 19.4 Å². The van der Waals surface area contributed by atoms with Gasteiger partial charge in [-0.3, -0.25) is 4.79 Å². The van der Waals surface area contributed by atoms with Gasteiger partial charge < -0.3 is 15.2 Å². The number of nitrogens with one attached hydrogen (secondary N) is 1. The number of hydrogen-bond donors (Lipinski definition) is 2. The van der Waals surface area contributed by atoms with Gasteiger partial charge in [0.15, 0.2) is 6.10 Å². The molecule has 2 aromatic carbocycles. The van der Waals surface area contributed by atoms with E-state index in [0.29, 0.717) is 25.1 Å². The van der Waals surface area contributed by atoms with E-state index in [1.807, 2.05) is 37.3 Å². The van der Waals surface area contributed by atoms with Gasteiger partial charge in [-0.25, -0.2) is 0 Å². The SMILES string of the molecule is Cc1ccccc1OCCCNC(=O)C(O)c1ccccc1. The Hall–Kier alpha value is -2.33. The number of ether oxygens (including phenoxy) is 1. The highest BCUT2D eigenvalue weighted by molar-refractivity contribution is 5.81. The van der Waals surface area contributed by atoms with E-state index in [9.17, 15) is 9.90 Å². The standard InChI is InChI=1S/C18H21NO3/c1-14-8-5-6-11-16(14)22-13-7-12-19-18(21)17(20)15-9-3-2-4-10-15/h2-6,8-11,17,20H,7,12-13H2,1H3,(H,19,21). The highest BCUT2D eigenvalue weighted by Gasteiger charge is 2.15. The summed E-state index contributed by atoms with van der Waals surface area (Å²) < 4.78 is 5.65. The third kappa shape index (κ3) is 4.60. The molecule has 4 nitrogen and oxygen atoms in total. The molecular formula is C18H21NO3. The summed E-state index contributed by atoms with van der Waals surface area (Å²) in [6, 6.07) is 16.7. The maximum Gasteiger partial charge on any atom is 0.253 e. The van der Waals surface area contributed by atoms with Crippen LogP contribution in [0, 0.1) is 6.92 Å². The summed E-state index contributed by atoms with van der Waals surface area (Å²) in [4.78, 5) is 11.8. The zero-order valence-electron chi connectivity index (χ0n) is 12.7. The van der Waals surface area contributed by atoms with Crippen molar-refractivity contribution in [3.05, 3.63) is 65.7 Å². The Bertz CT molecular complexity index is 598. The lowest BCUT2D eigenvalue weighted by molar-refractivity contribution is -0.129. The molecule has 0 radical (unpaired) electrons. The molecule has 0 aliphatic heterocycles. The van der Waals surface area contributed by atoms with E-state index < -0.39 is 6.10 Å². The molecule has 22 heavy (non-hydrogen) atoms. The van der Waals surface area contributed by atoms with Crippen LogP contribution in [0.5, 0.6) is 5.75 Å². The van der Waals surface area contributed by atoms with Gasteiger partial charge in [0.05, 0.1) is 6.61 Å². The fourth-order valence-corrected chi connectivity index (χ4v) is 2.07. The van der Waals surface area contributed by atoms with Gasteiger partial charge >= 0.3 is 0 Å². The summed E-state index contributed by atoms with van der Waals surface area (Å²) in [6.07, 6.45) is -0.444. The molecule has 1 amide bonds. The monoisotopic (exact) mass is 299 g/mol. The van der Waals surface area contributed by atoms with Crippen molar-refractivity contribution < 1.29 is 14.6 Å². The van der Waals surface area contributed by atoms with Gasteiger partial charge in [0.25, 0.3) is 5.91 Å². The minimum absolute atomic E-state index is 0.387. The Morgan fingerprint density at radius 1 is 1.14 bits per heavy atom. The number of benzene rings is 2. The first kappa shape index (κ1) is 16.0. The zero-order chi connectivity index (χ0) is 15.8. The number of carbonyl (C=O) groups is 1. The van der Waals surface area contributed by atoms with Crippen molar-refractivity contribution in [2.75, 3.05) is 13.2 Å². The summed E-state index contributed by atoms with van der Waals surface area (Å²) in [5.74, 6) is 0.472. The second kappa shape index (κ2) is 8.20. The molecule has 2 rings (SSSR count). The number of hydrogen-bond acceptors (Lipinski definition) is 3. The minimum atomic E-state index is -1.13. The number of aliphatic hydroxyl groups excluding tert-OH is 1. The van der Waals surface area contributed by atoms with E-state index in [1.165, 1.54) is 0 Å². The fourth-order valence-electron chi connectivity index (χ4n) is 2.07. The van der Waals surface area contributed by atoms with E-state index in [1.54, 1.807) is 24.3 Å². The Labute approximate surface area is 130 Å². The van der Waals surface area contributed by atoms with Crippen molar-refractivity contribution in [2.24, 2.45) is 0 Å². The van der Waals surface area contributed by atoms with Crippen LogP contribution in [0.3, 0.4) is 0 Å². The molecule has 2 N–H and O–H groups in total. The van der Waals surface area contributed by atoms with Crippen LogP contribution in [0.15, 0.2) is 54.6 Å². The molecular weight excluding hydrogens is 278 g/mol. The van der Waals surface area contributed by atoms with Gasteiger partial charge in [-0.05, 0) is 30.5 Å². The van der Waals surface area contributed by atoms with Gasteiger partial charge in [0, 0.05) is 6.54 Å². The number of amides is 1. The number of rotatable bonds is 7. The summed E-state index contributed by atoms with van der Waals surface area (Å²) in [5, 5.41) is 12.6. The van der Waals surface area contributed by atoms with Gasteiger partial charge in [0.1, 0.15) is 5.75 Å². The topological polar surface area (TPSA) is 58.6 Å². The van der Waals surface area contributed by atoms with Crippen molar-refractivity contribution in [3.63, 3.8) is 0 Å². The van der Waals surface area contributed by atoms with Crippen molar-refractivity contribution in [1.29, 1.82) is 0 Å². The molecule has 116 valence electrons. The minimum Gasteiger partial charge on any atom is -0.493 e. The number of para-hydroxylation sites is 1. The van der Waals surface area contributed by atoms with Crippen molar-refractivity contribution in [1.82, 2.24) is 5.32 Å². The molecule has 0 saturated carbocycles. The Balaban J connectivity index is 1.68. The van der Waals surface area contributed by atoms with Crippen LogP contribution in [0.25, 0.3) is 0 Å². The summed E-state index contributed by atoms with van der Waals surface area (Å²) >= 11 is 0. The molecule has 0 heterocycles. The van der Waals surface area contributed by atoms with E-state index in [4.69, 9.17) is 4.74 Å². The van der Waals surface area contributed by atoms with Crippen molar-refractivity contribution in [3.8, 4) is 5.75 Å².